The molecule has 3 rings (SSSR count). The molecule has 166 valence electrons. The first-order chi connectivity index (χ1) is 15.4. The van der Waals surface area contributed by atoms with Crippen LogP contribution in [0.4, 0.5) is 0 Å². The van der Waals surface area contributed by atoms with Gasteiger partial charge in [-0.15, -0.1) is 0 Å². The van der Waals surface area contributed by atoms with Gasteiger partial charge in [0.05, 0.1) is 30.5 Å². The predicted octanol–water partition coefficient (Wildman–Crippen LogP) is 6.01. The quantitative estimate of drug-likeness (QED) is 0.308. The molecule has 32 heavy (non-hydrogen) atoms. The van der Waals surface area contributed by atoms with E-state index >= 15 is 0 Å². The van der Waals surface area contributed by atoms with Gasteiger partial charge in [-0.3, -0.25) is 4.79 Å². The SMILES string of the molecule is COc1cc(OC)cc(C(=O)NN=Cc2cc(Cl)ccc2OCc2ccc(Cl)c(Cl)c2)c1. The highest BCUT2D eigenvalue weighted by Gasteiger charge is 2.10. The van der Waals surface area contributed by atoms with E-state index in [-0.39, 0.29) is 6.61 Å². The van der Waals surface area contributed by atoms with Gasteiger partial charge >= 0.3 is 0 Å². The Morgan fingerprint density at radius 2 is 1.66 bits per heavy atom. The number of hydrogen-bond acceptors (Lipinski definition) is 5. The molecule has 0 saturated carbocycles. The van der Waals surface area contributed by atoms with Gasteiger partial charge < -0.3 is 14.2 Å². The second-order valence-corrected chi connectivity index (χ2v) is 7.77. The molecule has 3 aromatic rings. The van der Waals surface area contributed by atoms with E-state index in [2.05, 4.69) is 10.5 Å². The molecule has 0 aliphatic carbocycles. The molecule has 1 amide bonds. The fourth-order valence-corrected chi connectivity index (χ4v) is 3.21. The van der Waals surface area contributed by atoms with Crippen LogP contribution in [0.5, 0.6) is 17.2 Å². The van der Waals surface area contributed by atoms with Gasteiger partial charge in [-0.1, -0.05) is 40.9 Å². The van der Waals surface area contributed by atoms with E-state index in [0.29, 0.717) is 43.4 Å². The number of methoxy groups -OCH3 is 2. The third-order valence-corrected chi connectivity index (χ3v) is 5.31. The zero-order valence-electron chi connectivity index (χ0n) is 17.2. The normalized spacial score (nSPS) is 10.8. The fraction of sp³-hybridized carbons (Fsp3) is 0.130. The van der Waals surface area contributed by atoms with Crippen LogP contribution in [0.3, 0.4) is 0 Å². The van der Waals surface area contributed by atoms with Gasteiger partial charge in [-0.2, -0.15) is 5.10 Å². The summed E-state index contributed by atoms with van der Waals surface area (Å²) in [7, 11) is 3.01. The van der Waals surface area contributed by atoms with Gasteiger partial charge in [0, 0.05) is 22.2 Å². The maximum Gasteiger partial charge on any atom is 0.271 e. The van der Waals surface area contributed by atoms with Crippen LogP contribution in [0.15, 0.2) is 59.7 Å². The first-order valence-corrected chi connectivity index (χ1v) is 10.5. The predicted molar refractivity (Wildman–Crippen MR) is 127 cm³/mol. The lowest BCUT2D eigenvalue weighted by Gasteiger charge is -2.10. The number of rotatable bonds is 8. The minimum absolute atomic E-state index is 0.259. The summed E-state index contributed by atoms with van der Waals surface area (Å²) in [6.07, 6.45) is 1.45. The van der Waals surface area contributed by atoms with Crippen molar-refractivity contribution in [2.75, 3.05) is 14.2 Å². The van der Waals surface area contributed by atoms with Crippen molar-refractivity contribution in [3.8, 4) is 17.2 Å². The Labute approximate surface area is 200 Å². The number of halogens is 3. The van der Waals surface area contributed by atoms with Crippen LogP contribution < -0.4 is 19.6 Å². The molecule has 3 aromatic carbocycles. The highest BCUT2D eigenvalue weighted by atomic mass is 35.5. The molecule has 0 heterocycles. The van der Waals surface area contributed by atoms with Crippen LogP contribution in [0.25, 0.3) is 0 Å². The maximum absolute atomic E-state index is 12.5. The third-order valence-electron chi connectivity index (χ3n) is 4.33. The minimum Gasteiger partial charge on any atom is -0.497 e. The Bertz CT molecular complexity index is 1130. The number of carbonyl (C=O) groups is 1. The molecular weight excluding hydrogens is 475 g/mol. The molecule has 6 nitrogen and oxygen atoms in total. The largest absolute Gasteiger partial charge is 0.497 e. The van der Waals surface area contributed by atoms with Gasteiger partial charge in [-0.25, -0.2) is 5.43 Å². The monoisotopic (exact) mass is 492 g/mol. The van der Waals surface area contributed by atoms with E-state index in [1.54, 1.807) is 48.5 Å². The van der Waals surface area contributed by atoms with Crippen molar-refractivity contribution in [2.45, 2.75) is 6.61 Å². The van der Waals surface area contributed by atoms with Crippen LogP contribution >= 0.6 is 34.8 Å². The maximum atomic E-state index is 12.5. The average molecular weight is 494 g/mol. The zero-order valence-corrected chi connectivity index (χ0v) is 19.5. The van der Waals surface area contributed by atoms with Crippen LogP contribution in [-0.2, 0) is 6.61 Å². The molecule has 1 N–H and O–H groups in total. The highest BCUT2D eigenvalue weighted by molar-refractivity contribution is 6.42. The fourth-order valence-electron chi connectivity index (χ4n) is 2.71. The lowest BCUT2D eigenvalue weighted by atomic mass is 10.2. The number of ether oxygens (including phenoxy) is 3. The molecule has 0 fully saturated rings. The molecule has 0 saturated heterocycles. The van der Waals surface area contributed by atoms with E-state index < -0.39 is 5.91 Å². The van der Waals surface area contributed by atoms with Gasteiger partial charge in [0.25, 0.3) is 5.91 Å². The van der Waals surface area contributed by atoms with Crippen molar-refractivity contribution in [1.82, 2.24) is 5.43 Å². The molecule has 0 radical (unpaired) electrons. The van der Waals surface area contributed by atoms with Crippen molar-refractivity contribution < 1.29 is 19.0 Å². The van der Waals surface area contributed by atoms with Crippen molar-refractivity contribution in [3.63, 3.8) is 0 Å². The van der Waals surface area contributed by atoms with E-state index in [9.17, 15) is 4.79 Å². The van der Waals surface area contributed by atoms with Crippen LogP contribution in [0.2, 0.25) is 15.1 Å². The summed E-state index contributed by atoms with van der Waals surface area (Å²) in [6.45, 7) is 0.259. The minimum atomic E-state index is -0.432. The Kier molecular flexibility index (Phi) is 8.22. The van der Waals surface area contributed by atoms with Crippen LogP contribution in [0, 0.1) is 0 Å². The van der Waals surface area contributed by atoms with Gasteiger partial charge in [0.1, 0.15) is 23.9 Å². The Morgan fingerprint density at radius 3 is 2.31 bits per heavy atom. The summed E-state index contributed by atoms with van der Waals surface area (Å²) in [5.74, 6) is 1.08. The molecule has 0 aromatic heterocycles. The first kappa shape index (κ1) is 23.7. The number of hydrazone groups is 1. The van der Waals surface area contributed by atoms with Gasteiger partial charge in [-0.05, 0) is 48.0 Å². The average Bonchev–Trinajstić information content (AvgIpc) is 2.80. The van der Waals surface area contributed by atoms with E-state index in [1.165, 1.54) is 20.4 Å². The van der Waals surface area contributed by atoms with Crippen LogP contribution in [0.1, 0.15) is 21.5 Å². The third kappa shape index (κ3) is 6.29. The van der Waals surface area contributed by atoms with Gasteiger partial charge in [0.2, 0.25) is 0 Å². The second-order valence-electron chi connectivity index (χ2n) is 6.52. The summed E-state index contributed by atoms with van der Waals surface area (Å²) >= 11 is 18.1. The van der Waals surface area contributed by atoms with Gasteiger partial charge in [0.15, 0.2) is 0 Å². The molecule has 0 bridgehead atoms. The summed E-state index contributed by atoms with van der Waals surface area (Å²) < 4.78 is 16.2. The number of amides is 1. The van der Waals surface area contributed by atoms with Crippen molar-refractivity contribution in [1.29, 1.82) is 0 Å². The lowest BCUT2D eigenvalue weighted by molar-refractivity contribution is 0.0954. The zero-order chi connectivity index (χ0) is 23.1. The van der Waals surface area contributed by atoms with Crippen LogP contribution in [-0.4, -0.2) is 26.3 Å². The topological polar surface area (TPSA) is 69.2 Å². The number of nitrogens with zero attached hydrogens (tertiary/aromatic N) is 1. The van der Waals surface area contributed by atoms with E-state index in [1.807, 2.05) is 6.07 Å². The van der Waals surface area contributed by atoms with E-state index in [0.717, 1.165) is 5.56 Å². The number of nitrogens with one attached hydrogen (secondary N) is 1. The Balaban J connectivity index is 1.72. The molecule has 0 atom stereocenters. The van der Waals surface area contributed by atoms with Crippen molar-refractivity contribution in [2.24, 2.45) is 5.10 Å². The van der Waals surface area contributed by atoms with Crippen molar-refractivity contribution in [3.05, 3.63) is 86.4 Å². The first-order valence-electron chi connectivity index (χ1n) is 9.32. The summed E-state index contributed by atoms with van der Waals surface area (Å²) in [5, 5.41) is 5.44. The molecule has 0 unspecified atom stereocenters. The number of carbonyl (C=O) groups excluding carboxylic acids is 1. The molecular formula is C23H19Cl3N2O4. The summed E-state index contributed by atoms with van der Waals surface area (Å²) in [5.41, 5.74) is 4.24. The lowest BCUT2D eigenvalue weighted by Crippen LogP contribution is -2.17. The Hall–Kier alpha value is -2.93. The smallest absolute Gasteiger partial charge is 0.271 e. The summed E-state index contributed by atoms with van der Waals surface area (Å²) in [6, 6.07) is 15.2. The highest BCUT2D eigenvalue weighted by Crippen LogP contribution is 2.26. The Morgan fingerprint density at radius 1 is 0.938 bits per heavy atom. The molecule has 9 heteroatoms. The summed E-state index contributed by atoms with van der Waals surface area (Å²) in [4.78, 5) is 12.5. The molecule has 0 spiro atoms. The van der Waals surface area contributed by atoms with E-state index in [4.69, 9.17) is 49.0 Å². The second kappa shape index (κ2) is 11.1. The molecule has 0 aliphatic heterocycles. The number of hydrogen-bond donors (Lipinski definition) is 1. The molecule has 0 aliphatic rings. The number of benzene rings is 3. The van der Waals surface area contributed by atoms with Crippen molar-refractivity contribution >= 4 is 46.9 Å². The standard InChI is InChI=1S/C23H19Cl3N2O4/c1-30-18-9-15(10-19(11-18)31-2)23(29)28-27-12-16-8-17(24)4-6-22(16)32-13-14-3-5-20(25)21(26)7-14/h3-12H,13H2,1-2H3,(H,28,29).